The number of alkyl halides is 3. The van der Waals surface area contributed by atoms with Crippen LogP contribution >= 0.6 is 0 Å². The van der Waals surface area contributed by atoms with Crippen LogP contribution < -0.4 is 15.0 Å². The molecule has 1 heterocycles. The Labute approximate surface area is 225 Å². The Morgan fingerprint density at radius 1 is 1.05 bits per heavy atom. The molecule has 4 rings (SSSR count). The van der Waals surface area contributed by atoms with Gasteiger partial charge in [-0.1, -0.05) is 19.1 Å². The molecule has 208 valence electrons. The standard InChI is InChI=1S/C28H29F3N2O5S/c1-2-39(36,37)25-13-5-19(6-14-25)26(18-34)32-27(35)20-3-9-22(10-4-20)33-16-15-24(17-33)38-23-11-7-21(8-12-23)28(29,30)31/h3-14,24,26,34H,2,15-18H2,1H3,(H,32,35)/t24-,26+/m1/s1. The minimum atomic E-state index is -4.39. The van der Waals surface area contributed by atoms with Gasteiger partial charge in [0.1, 0.15) is 11.9 Å². The Hall–Kier alpha value is -3.57. The summed E-state index contributed by atoms with van der Waals surface area (Å²) in [6.07, 6.45) is -3.88. The maximum Gasteiger partial charge on any atom is 0.416 e. The maximum atomic E-state index is 12.8. The summed E-state index contributed by atoms with van der Waals surface area (Å²) >= 11 is 0. The van der Waals surface area contributed by atoms with Crippen molar-refractivity contribution in [3.63, 3.8) is 0 Å². The van der Waals surface area contributed by atoms with Crippen molar-refractivity contribution in [2.75, 3.05) is 30.3 Å². The fraction of sp³-hybridized carbons (Fsp3) is 0.321. The van der Waals surface area contributed by atoms with Crippen LogP contribution in [0.4, 0.5) is 18.9 Å². The molecule has 1 aliphatic heterocycles. The average molecular weight is 563 g/mol. The van der Waals surface area contributed by atoms with Gasteiger partial charge < -0.3 is 20.1 Å². The van der Waals surface area contributed by atoms with Crippen molar-refractivity contribution in [2.45, 2.75) is 36.6 Å². The predicted molar refractivity (Wildman–Crippen MR) is 141 cm³/mol. The van der Waals surface area contributed by atoms with Gasteiger partial charge in [0.25, 0.3) is 5.91 Å². The van der Waals surface area contributed by atoms with Gasteiger partial charge in [0.05, 0.1) is 35.4 Å². The molecule has 0 aromatic heterocycles. The van der Waals surface area contributed by atoms with Gasteiger partial charge in [0, 0.05) is 24.2 Å². The molecule has 0 unspecified atom stereocenters. The first-order chi connectivity index (χ1) is 18.5. The molecule has 1 amide bonds. The van der Waals surface area contributed by atoms with E-state index in [9.17, 15) is 31.5 Å². The SMILES string of the molecule is CCS(=O)(=O)c1ccc([C@H](CO)NC(=O)c2ccc(N3CC[C@@H](Oc4ccc(C(F)(F)F)cc4)C3)cc2)cc1. The zero-order chi connectivity index (χ0) is 28.2. The average Bonchev–Trinajstić information content (AvgIpc) is 3.40. The molecule has 2 N–H and O–H groups in total. The number of nitrogens with one attached hydrogen (secondary N) is 1. The second-order valence-electron chi connectivity index (χ2n) is 9.22. The molecule has 3 aromatic carbocycles. The Morgan fingerprint density at radius 2 is 1.69 bits per heavy atom. The van der Waals surface area contributed by atoms with Gasteiger partial charge in [0.2, 0.25) is 0 Å². The number of aliphatic hydroxyl groups is 1. The van der Waals surface area contributed by atoms with E-state index in [2.05, 4.69) is 10.2 Å². The van der Waals surface area contributed by atoms with Crippen LogP contribution in [-0.4, -0.2) is 51.0 Å². The van der Waals surface area contributed by atoms with Gasteiger partial charge in [-0.2, -0.15) is 13.2 Å². The van der Waals surface area contributed by atoms with Crippen LogP contribution in [0.3, 0.4) is 0 Å². The number of carbonyl (C=O) groups excluding carboxylic acids is 1. The molecule has 7 nitrogen and oxygen atoms in total. The van der Waals surface area contributed by atoms with E-state index in [0.29, 0.717) is 36.4 Å². The summed E-state index contributed by atoms with van der Waals surface area (Å²) in [6.45, 7) is 2.43. The molecule has 0 saturated carbocycles. The summed E-state index contributed by atoms with van der Waals surface area (Å²) in [5, 5.41) is 12.6. The largest absolute Gasteiger partial charge is 0.489 e. The number of aliphatic hydroxyl groups excluding tert-OH is 1. The number of amides is 1. The van der Waals surface area contributed by atoms with Crippen LogP contribution in [0.1, 0.15) is 40.9 Å². The lowest BCUT2D eigenvalue weighted by Crippen LogP contribution is -2.31. The number of halogens is 3. The van der Waals surface area contributed by atoms with Crippen molar-refractivity contribution in [2.24, 2.45) is 0 Å². The Balaban J connectivity index is 1.34. The third kappa shape index (κ3) is 6.90. The van der Waals surface area contributed by atoms with Crippen LogP contribution in [0.5, 0.6) is 5.75 Å². The van der Waals surface area contributed by atoms with Gasteiger partial charge in [-0.3, -0.25) is 4.79 Å². The fourth-order valence-electron chi connectivity index (χ4n) is 4.35. The van der Waals surface area contributed by atoms with Crippen molar-refractivity contribution in [1.82, 2.24) is 5.32 Å². The predicted octanol–water partition coefficient (Wildman–Crippen LogP) is 4.62. The molecule has 39 heavy (non-hydrogen) atoms. The van der Waals surface area contributed by atoms with Gasteiger partial charge in [-0.05, 0) is 66.2 Å². The highest BCUT2D eigenvalue weighted by Crippen LogP contribution is 2.31. The lowest BCUT2D eigenvalue weighted by molar-refractivity contribution is -0.137. The molecular formula is C28H29F3N2O5S. The first-order valence-electron chi connectivity index (χ1n) is 12.4. The lowest BCUT2D eigenvalue weighted by atomic mass is 10.1. The molecule has 0 bridgehead atoms. The lowest BCUT2D eigenvalue weighted by Gasteiger charge is -2.20. The highest BCUT2D eigenvalue weighted by molar-refractivity contribution is 7.91. The number of ether oxygens (including phenoxy) is 1. The minimum absolute atomic E-state index is 0.0211. The quantitative estimate of drug-likeness (QED) is 0.395. The molecule has 1 fully saturated rings. The summed E-state index contributed by atoms with van der Waals surface area (Å²) in [6, 6.07) is 16.9. The van der Waals surface area contributed by atoms with Gasteiger partial charge in [-0.15, -0.1) is 0 Å². The van der Waals surface area contributed by atoms with E-state index in [1.54, 1.807) is 43.3 Å². The minimum Gasteiger partial charge on any atom is -0.489 e. The van der Waals surface area contributed by atoms with Gasteiger partial charge in [0.15, 0.2) is 9.84 Å². The number of benzene rings is 3. The van der Waals surface area contributed by atoms with Crippen LogP contribution in [0.25, 0.3) is 0 Å². The molecule has 0 aliphatic carbocycles. The number of hydrogen-bond acceptors (Lipinski definition) is 6. The van der Waals surface area contributed by atoms with E-state index in [1.807, 2.05) is 0 Å². The first-order valence-corrected chi connectivity index (χ1v) is 14.1. The van der Waals surface area contributed by atoms with E-state index >= 15 is 0 Å². The van der Waals surface area contributed by atoms with Crippen LogP contribution in [0, 0.1) is 0 Å². The number of carbonyl (C=O) groups is 1. The number of nitrogens with zero attached hydrogens (tertiary/aromatic N) is 1. The van der Waals surface area contributed by atoms with E-state index in [0.717, 1.165) is 17.8 Å². The van der Waals surface area contributed by atoms with Crippen molar-refractivity contribution >= 4 is 21.4 Å². The highest BCUT2D eigenvalue weighted by Gasteiger charge is 2.30. The molecule has 3 aromatic rings. The number of rotatable bonds is 9. The summed E-state index contributed by atoms with van der Waals surface area (Å²) in [7, 11) is -3.35. The van der Waals surface area contributed by atoms with Crippen LogP contribution in [0.2, 0.25) is 0 Å². The molecule has 1 saturated heterocycles. The third-order valence-electron chi connectivity index (χ3n) is 6.63. The second-order valence-corrected chi connectivity index (χ2v) is 11.5. The molecule has 0 radical (unpaired) electrons. The summed E-state index contributed by atoms with van der Waals surface area (Å²) in [5.74, 6) is -0.0371. The number of hydrogen-bond donors (Lipinski definition) is 2. The van der Waals surface area contributed by atoms with E-state index < -0.39 is 33.5 Å². The molecule has 1 aliphatic rings. The molecular weight excluding hydrogens is 533 g/mol. The van der Waals surface area contributed by atoms with Crippen LogP contribution in [-0.2, 0) is 16.0 Å². The fourth-order valence-corrected chi connectivity index (χ4v) is 5.23. The summed E-state index contributed by atoms with van der Waals surface area (Å²) in [4.78, 5) is 15.1. The van der Waals surface area contributed by atoms with Crippen molar-refractivity contribution < 1.29 is 36.2 Å². The van der Waals surface area contributed by atoms with E-state index in [4.69, 9.17) is 4.74 Å². The van der Waals surface area contributed by atoms with Crippen molar-refractivity contribution in [3.05, 3.63) is 89.5 Å². The molecule has 11 heteroatoms. The number of sulfone groups is 1. The van der Waals surface area contributed by atoms with Crippen molar-refractivity contribution in [1.29, 1.82) is 0 Å². The Kier molecular flexibility index (Phi) is 8.51. The topological polar surface area (TPSA) is 95.9 Å². The number of anilines is 1. The first kappa shape index (κ1) is 28.4. The van der Waals surface area contributed by atoms with Gasteiger partial charge >= 0.3 is 6.18 Å². The van der Waals surface area contributed by atoms with Crippen LogP contribution in [0.15, 0.2) is 77.7 Å². The van der Waals surface area contributed by atoms with E-state index in [-0.39, 0.29) is 23.4 Å². The zero-order valence-electron chi connectivity index (χ0n) is 21.2. The summed E-state index contributed by atoms with van der Waals surface area (Å²) < 4.78 is 68.2. The normalized spacial score (nSPS) is 16.6. The zero-order valence-corrected chi connectivity index (χ0v) is 22.0. The second kappa shape index (κ2) is 11.7. The smallest absolute Gasteiger partial charge is 0.416 e. The third-order valence-corrected chi connectivity index (χ3v) is 8.38. The van der Waals surface area contributed by atoms with Crippen molar-refractivity contribution in [3.8, 4) is 5.75 Å². The summed E-state index contributed by atoms with van der Waals surface area (Å²) in [5.41, 5.74) is 1.11. The molecule has 0 spiro atoms. The van der Waals surface area contributed by atoms with Gasteiger partial charge in [-0.25, -0.2) is 8.42 Å². The molecule has 2 atom stereocenters. The monoisotopic (exact) mass is 562 g/mol. The maximum absolute atomic E-state index is 12.8. The highest BCUT2D eigenvalue weighted by atomic mass is 32.2. The Bertz CT molecular complexity index is 1380. The van der Waals surface area contributed by atoms with E-state index in [1.165, 1.54) is 24.3 Å². The Morgan fingerprint density at radius 3 is 2.26 bits per heavy atom.